The lowest BCUT2D eigenvalue weighted by Crippen LogP contribution is -2.47. The van der Waals surface area contributed by atoms with Gasteiger partial charge in [0, 0.05) is 44.3 Å². The van der Waals surface area contributed by atoms with Gasteiger partial charge in [-0.15, -0.1) is 0 Å². The third-order valence-electron chi connectivity index (χ3n) is 6.65. The smallest absolute Gasteiger partial charge is 0.0406 e. The molecule has 5 heteroatoms. The fourth-order valence-electron chi connectivity index (χ4n) is 4.89. The first kappa shape index (κ1) is 23.0. The minimum Gasteiger partial charge on any atom is -0.330 e. The molecular weight excluding hydrogens is 380 g/mol. The summed E-state index contributed by atoms with van der Waals surface area (Å²) in [6.45, 7) is 11.6. The van der Waals surface area contributed by atoms with Gasteiger partial charge in [-0.2, -0.15) is 0 Å². The number of nitrogens with zero attached hydrogens (tertiary/aromatic N) is 3. The number of piperazine rings is 1. The highest BCUT2D eigenvalue weighted by Crippen LogP contribution is 2.25. The van der Waals surface area contributed by atoms with Crippen molar-refractivity contribution in [2.24, 2.45) is 11.7 Å². The highest BCUT2D eigenvalue weighted by molar-refractivity contribution is 6.30. The van der Waals surface area contributed by atoms with Gasteiger partial charge in [-0.05, 0) is 75.5 Å². The molecule has 1 aromatic rings. The number of rotatable bonds is 11. The molecule has 1 aliphatic heterocycles. The van der Waals surface area contributed by atoms with Gasteiger partial charge >= 0.3 is 0 Å². The predicted molar refractivity (Wildman–Crippen MR) is 124 cm³/mol. The van der Waals surface area contributed by atoms with Crippen LogP contribution in [0.4, 0.5) is 0 Å². The van der Waals surface area contributed by atoms with Crippen molar-refractivity contribution in [3.63, 3.8) is 0 Å². The van der Waals surface area contributed by atoms with Gasteiger partial charge in [0.2, 0.25) is 0 Å². The first-order chi connectivity index (χ1) is 14.2. The second kappa shape index (κ2) is 12.9. The van der Waals surface area contributed by atoms with Crippen LogP contribution in [0.25, 0.3) is 0 Å². The summed E-state index contributed by atoms with van der Waals surface area (Å²) >= 11 is 6.08. The fourth-order valence-corrected chi connectivity index (χ4v) is 5.01. The summed E-state index contributed by atoms with van der Waals surface area (Å²) in [7, 11) is 0. The number of hydrogen-bond donors (Lipinski definition) is 1. The molecule has 0 radical (unpaired) electrons. The zero-order valence-corrected chi connectivity index (χ0v) is 19.0. The zero-order valence-electron chi connectivity index (χ0n) is 18.2. The molecule has 0 bridgehead atoms. The van der Waals surface area contributed by atoms with Gasteiger partial charge in [-0.1, -0.05) is 43.0 Å². The molecule has 3 rings (SSSR count). The lowest BCUT2D eigenvalue weighted by Gasteiger charge is -2.35. The molecule has 1 saturated carbocycles. The van der Waals surface area contributed by atoms with Crippen LogP contribution in [0.5, 0.6) is 0 Å². The summed E-state index contributed by atoms with van der Waals surface area (Å²) in [5.41, 5.74) is 7.04. The molecule has 4 nitrogen and oxygen atoms in total. The van der Waals surface area contributed by atoms with Gasteiger partial charge in [-0.25, -0.2) is 0 Å². The Kier molecular flexibility index (Phi) is 10.3. The van der Waals surface area contributed by atoms with Crippen molar-refractivity contribution in [3.8, 4) is 0 Å². The average Bonchev–Trinajstić information content (AvgIpc) is 2.75. The quantitative estimate of drug-likeness (QED) is 0.585. The van der Waals surface area contributed by atoms with E-state index >= 15 is 0 Å². The standard InChI is InChI=1S/C24H41ClN4/c25-24-10-8-23(9-11-24)21-29(20-22-6-2-1-3-7-22)15-5-14-28-18-16-27(17-19-28)13-4-12-26/h8-11,22H,1-7,12-21,26H2. The summed E-state index contributed by atoms with van der Waals surface area (Å²) in [6.07, 6.45) is 9.51. The Hall–Kier alpha value is -0.650. The van der Waals surface area contributed by atoms with Gasteiger partial charge in [0.05, 0.1) is 0 Å². The van der Waals surface area contributed by atoms with Crippen molar-refractivity contribution >= 4 is 11.6 Å². The minimum atomic E-state index is 0.810. The molecule has 0 aromatic heterocycles. The van der Waals surface area contributed by atoms with Crippen LogP contribution in [0.15, 0.2) is 24.3 Å². The molecule has 2 fully saturated rings. The number of hydrogen-bond acceptors (Lipinski definition) is 4. The number of benzene rings is 1. The molecule has 164 valence electrons. The summed E-state index contributed by atoms with van der Waals surface area (Å²) < 4.78 is 0. The Morgan fingerprint density at radius 2 is 1.52 bits per heavy atom. The van der Waals surface area contributed by atoms with Crippen molar-refractivity contribution in [1.82, 2.24) is 14.7 Å². The monoisotopic (exact) mass is 420 g/mol. The van der Waals surface area contributed by atoms with Crippen LogP contribution < -0.4 is 5.73 Å². The van der Waals surface area contributed by atoms with Crippen molar-refractivity contribution in [2.45, 2.75) is 51.5 Å². The summed E-state index contributed by atoms with van der Waals surface area (Å²) in [5.74, 6) is 0.891. The van der Waals surface area contributed by atoms with Crippen molar-refractivity contribution in [1.29, 1.82) is 0 Å². The molecule has 0 spiro atoms. The van der Waals surface area contributed by atoms with E-state index in [1.54, 1.807) is 0 Å². The van der Waals surface area contributed by atoms with Crippen LogP contribution in [-0.2, 0) is 6.54 Å². The summed E-state index contributed by atoms with van der Waals surface area (Å²) in [5, 5.41) is 0.832. The lowest BCUT2D eigenvalue weighted by molar-refractivity contribution is 0.122. The highest BCUT2D eigenvalue weighted by Gasteiger charge is 2.19. The molecule has 2 N–H and O–H groups in total. The topological polar surface area (TPSA) is 35.7 Å². The SMILES string of the molecule is NCCCN1CCN(CCCN(Cc2ccc(Cl)cc2)CC2CCCCC2)CC1. The van der Waals surface area contributed by atoms with Crippen LogP contribution in [0.1, 0.15) is 50.5 Å². The molecule has 0 unspecified atom stereocenters. The van der Waals surface area contributed by atoms with Gasteiger partial charge in [-0.3, -0.25) is 4.90 Å². The Bertz CT molecular complexity index is 551. The molecule has 0 amide bonds. The molecule has 29 heavy (non-hydrogen) atoms. The van der Waals surface area contributed by atoms with Gasteiger partial charge in [0.25, 0.3) is 0 Å². The minimum absolute atomic E-state index is 0.810. The van der Waals surface area contributed by atoms with Crippen molar-refractivity contribution < 1.29 is 0 Å². The van der Waals surface area contributed by atoms with E-state index in [1.807, 2.05) is 12.1 Å². The molecule has 0 atom stereocenters. The van der Waals surface area contributed by atoms with E-state index in [9.17, 15) is 0 Å². The van der Waals surface area contributed by atoms with Gasteiger partial charge in [0.15, 0.2) is 0 Å². The number of halogens is 1. The summed E-state index contributed by atoms with van der Waals surface area (Å²) in [4.78, 5) is 7.93. The van der Waals surface area contributed by atoms with Crippen molar-refractivity contribution in [2.75, 3.05) is 58.9 Å². The molecule has 1 aromatic carbocycles. The van der Waals surface area contributed by atoms with Crippen LogP contribution in [0.3, 0.4) is 0 Å². The van der Waals surface area contributed by atoms with E-state index in [0.29, 0.717) is 0 Å². The largest absolute Gasteiger partial charge is 0.330 e. The van der Waals surface area contributed by atoms with Gasteiger partial charge in [0.1, 0.15) is 0 Å². The first-order valence-corrected chi connectivity index (χ1v) is 12.2. The molecule has 1 heterocycles. The van der Waals surface area contributed by atoms with Crippen LogP contribution in [0, 0.1) is 5.92 Å². The second-order valence-corrected chi connectivity index (χ2v) is 9.48. The average molecular weight is 421 g/mol. The van der Waals surface area contributed by atoms with Crippen LogP contribution in [0.2, 0.25) is 5.02 Å². The van der Waals surface area contributed by atoms with Crippen LogP contribution in [-0.4, -0.2) is 73.6 Å². The zero-order chi connectivity index (χ0) is 20.3. The van der Waals surface area contributed by atoms with E-state index in [1.165, 1.54) is 96.4 Å². The maximum atomic E-state index is 6.08. The lowest BCUT2D eigenvalue weighted by atomic mass is 9.89. The molecular formula is C24H41ClN4. The third-order valence-corrected chi connectivity index (χ3v) is 6.90. The Labute approximate surface area is 183 Å². The Balaban J connectivity index is 1.43. The van der Waals surface area contributed by atoms with E-state index in [0.717, 1.165) is 30.5 Å². The molecule has 1 aliphatic carbocycles. The van der Waals surface area contributed by atoms with E-state index in [-0.39, 0.29) is 0 Å². The van der Waals surface area contributed by atoms with E-state index in [4.69, 9.17) is 17.3 Å². The van der Waals surface area contributed by atoms with Crippen LogP contribution >= 0.6 is 11.6 Å². The molecule has 1 saturated heterocycles. The second-order valence-electron chi connectivity index (χ2n) is 9.04. The molecule has 2 aliphatic rings. The Morgan fingerprint density at radius 1 is 0.897 bits per heavy atom. The number of nitrogens with two attached hydrogens (primary N) is 1. The van der Waals surface area contributed by atoms with E-state index in [2.05, 4.69) is 26.8 Å². The highest BCUT2D eigenvalue weighted by atomic mass is 35.5. The third kappa shape index (κ3) is 8.55. The maximum absolute atomic E-state index is 6.08. The summed E-state index contributed by atoms with van der Waals surface area (Å²) in [6, 6.07) is 8.44. The maximum Gasteiger partial charge on any atom is 0.0406 e. The fraction of sp³-hybridized carbons (Fsp3) is 0.750. The van der Waals surface area contributed by atoms with E-state index < -0.39 is 0 Å². The van der Waals surface area contributed by atoms with Gasteiger partial charge < -0.3 is 15.5 Å². The Morgan fingerprint density at radius 3 is 2.14 bits per heavy atom. The predicted octanol–water partition coefficient (Wildman–Crippen LogP) is 4.08. The van der Waals surface area contributed by atoms with Crippen molar-refractivity contribution in [3.05, 3.63) is 34.9 Å². The first-order valence-electron chi connectivity index (χ1n) is 11.8. The normalized spacial score (nSPS) is 19.8.